The van der Waals surface area contributed by atoms with E-state index in [1.807, 2.05) is 12.1 Å². The Labute approximate surface area is 135 Å². The summed E-state index contributed by atoms with van der Waals surface area (Å²) in [4.78, 5) is 16.2. The standard InChI is InChI=1S/C15H19N3OS.ClH/c1-2-3-4-11-5-7-12(8-6-11)17-15(19)13-10-20-14(9-16)18-13;/h5-8,10H,2-4,9,16H2,1H3,(H,17,19);1H. The quantitative estimate of drug-likeness (QED) is 0.852. The zero-order chi connectivity index (χ0) is 14.4. The number of rotatable bonds is 6. The number of hydrogen-bond donors (Lipinski definition) is 2. The molecular weight excluding hydrogens is 306 g/mol. The van der Waals surface area contributed by atoms with E-state index in [0.29, 0.717) is 12.2 Å². The summed E-state index contributed by atoms with van der Waals surface area (Å²) in [7, 11) is 0. The first-order valence-corrected chi connectivity index (χ1v) is 7.65. The third kappa shape index (κ3) is 5.12. The second-order valence-electron chi connectivity index (χ2n) is 4.59. The van der Waals surface area contributed by atoms with Crippen molar-refractivity contribution in [3.05, 3.63) is 45.9 Å². The molecule has 0 saturated carbocycles. The fourth-order valence-corrected chi connectivity index (χ4v) is 2.49. The van der Waals surface area contributed by atoms with Crippen molar-refractivity contribution in [2.45, 2.75) is 32.7 Å². The number of halogens is 1. The Balaban J connectivity index is 0.00000220. The molecule has 1 heterocycles. The van der Waals surface area contributed by atoms with E-state index in [2.05, 4.69) is 29.4 Å². The van der Waals surface area contributed by atoms with E-state index in [-0.39, 0.29) is 18.3 Å². The van der Waals surface area contributed by atoms with Gasteiger partial charge in [0.2, 0.25) is 0 Å². The number of aryl methyl sites for hydroxylation is 1. The van der Waals surface area contributed by atoms with Gasteiger partial charge in [0, 0.05) is 17.6 Å². The number of aromatic nitrogens is 1. The number of nitrogens with zero attached hydrogens (tertiary/aromatic N) is 1. The maximum atomic E-state index is 12.0. The minimum Gasteiger partial charge on any atom is -0.325 e. The molecule has 1 aromatic heterocycles. The minimum atomic E-state index is -0.192. The third-order valence-electron chi connectivity index (χ3n) is 2.99. The lowest BCUT2D eigenvalue weighted by Crippen LogP contribution is -2.12. The summed E-state index contributed by atoms with van der Waals surface area (Å²) >= 11 is 1.40. The van der Waals surface area contributed by atoms with E-state index < -0.39 is 0 Å². The Morgan fingerprint density at radius 1 is 1.33 bits per heavy atom. The zero-order valence-electron chi connectivity index (χ0n) is 12.0. The largest absolute Gasteiger partial charge is 0.325 e. The lowest BCUT2D eigenvalue weighted by molar-refractivity contribution is 0.102. The Morgan fingerprint density at radius 3 is 2.62 bits per heavy atom. The van der Waals surface area contributed by atoms with E-state index in [0.717, 1.165) is 17.1 Å². The molecule has 0 unspecified atom stereocenters. The molecule has 0 aliphatic rings. The van der Waals surface area contributed by atoms with Gasteiger partial charge in [-0.2, -0.15) is 0 Å². The van der Waals surface area contributed by atoms with Gasteiger partial charge in [0.25, 0.3) is 5.91 Å². The van der Waals surface area contributed by atoms with Crippen molar-refractivity contribution >= 4 is 35.3 Å². The molecule has 3 N–H and O–H groups in total. The summed E-state index contributed by atoms with van der Waals surface area (Å²) < 4.78 is 0. The van der Waals surface area contributed by atoms with Crippen LogP contribution in [0.5, 0.6) is 0 Å². The molecule has 0 bridgehead atoms. The second kappa shape index (κ2) is 8.77. The fourth-order valence-electron chi connectivity index (χ4n) is 1.84. The van der Waals surface area contributed by atoms with E-state index in [1.54, 1.807) is 5.38 Å². The summed E-state index contributed by atoms with van der Waals surface area (Å²) in [5.74, 6) is -0.192. The van der Waals surface area contributed by atoms with Gasteiger partial charge in [-0.05, 0) is 30.5 Å². The van der Waals surface area contributed by atoms with Gasteiger partial charge in [-0.25, -0.2) is 4.98 Å². The molecule has 0 spiro atoms. The highest BCUT2D eigenvalue weighted by atomic mass is 35.5. The van der Waals surface area contributed by atoms with Crippen LogP contribution in [-0.4, -0.2) is 10.9 Å². The number of anilines is 1. The summed E-state index contributed by atoms with van der Waals surface area (Å²) in [6.45, 7) is 2.54. The zero-order valence-corrected chi connectivity index (χ0v) is 13.6. The van der Waals surface area contributed by atoms with Crippen LogP contribution >= 0.6 is 23.7 Å². The molecule has 1 amide bonds. The van der Waals surface area contributed by atoms with Crippen molar-refractivity contribution in [2.75, 3.05) is 5.32 Å². The summed E-state index contributed by atoms with van der Waals surface area (Å²) in [5, 5.41) is 5.34. The first-order valence-electron chi connectivity index (χ1n) is 6.77. The average Bonchev–Trinajstić information content (AvgIpc) is 2.95. The average molecular weight is 326 g/mol. The molecule has 0 aliphatic carbocycles. The van der Waals surface area contributed by atoms with E-state index >= 15 is 0 Å². The van der Waals surface area contributed by atoms with Gasteiger partial charge < -0.3 is 11.1 Å². The number of carbonyl (C=O) groups excluding carboxylic acids is 1. The Morgan fingerprint density at radius 2 is 2.05 bits per heavy atom. The van der Waals surface area contributed by atoms with Gasteiger partial charge >= 0.3 is 0 Å². The van der Waals surface area contributed by atoms with Crippen LogP contribution in [0.3, 0.4) is 0 Å². The normalized spacial score (nSPS) is 10.0. The number of amides is 1. The van der Waals surface area contributed by atoms with Crippen LogP contribution < -0.4 is 11.1 Å². The van der Waals surface area contributed by atoms with Crippen LogP contribution in [0, 0.1) is 0 Å². The van der Waals surface area contributed by atoms with Crippen LogP contribution in [0.1, 0.15) is 40.8 Å². The maximum Gasteiger partial charge on any atom is 0.275 e. The molecular formula is C15H20ClN3OS. The lowest BCUT2D eigenvalue weighted by Gasteiger charge is -2.05. The number of nitrogens with one attached hydrogen (secondary N) is 1. The van der Waals surface area contributed by atoms with E-state index in [1.165, 1.54) is 29.7 Å². The lowest BCUT2D eigenvalue weighted by atomic mass is 10.1. The highest BCUT2D eigenvalue weighted by molar-refractivity contribution is 7.09. The second-order valence-corrected chi connectivity index (χ2v) is 5.53. The van der Waals surface area contributed by atoms with Crippen molar-refractivity contribution < 1.29 is 4.79 Å². The Hall–Kier alpha value is -1.43. The minimum absolute atomic E-state index is 0. The molecule has 2 aromatic rings. The van der Waals surface area contributed by atoms with Crippen LogP contribution in [0.15, 0.2) is 29.6 Å². The molecule has 4 nitrogen and oxygen atoms in total. The van der Waals surface area contributed by atoms with Crippen molar-refractivity contribution in [1.82, 2.24) is 4.98 Å². The van der Waals surface area contributed by atoms with Crippen molar-refractivity contribution in [3.8, 4) is 0 Å². The van der Waals surface area contributed by atoms with Gasteiger partial charge in [-0.15, -0.1) is 23.7 Å². The molecule has 0 fully saturated rings. The number of hydrogen-bond acceptors (Lipinski definition) is 4. The van der Waals surface area contributed by atoms with E-state index in [9.17, 15) is 4.79 Å². The highest BCUT2D eigenvalue weighted by Gasteiger charge is 2.10. The predicted molar refractivity (Wildman–Crippen MR) is 90.3 cm³/mol. The van der Waals surface area contributed by atoms with Gasteiger partial charge in [0.05, 0.1) is 0 Å². The first kappa shape index (κ1) is 17.6. The van der Waals surface area contributed by atoms with Crippen molar-refractivity contribution in [2.24, 2.45) is 5.73 Å². The van der Waals surface area contributed by atoms with Crippen LogP contribution in [-0.2, 0) is 13.0 Å². The molecule has 0 aliphatic heterocycles. The summed E-state index contributed by atoms with van der Waals surface area (Å²) in [6.07, 6.45) is 3.45. The molecule has 21 heavy (non-hydrogen) atoms. The maximum absolute atomic E-state index is 12.0. The SMILES string of the molecule is CCCCc1ccc(NC(=O)c2csc(CN)n2)cc1.Cl. The number of nitrogens with two attached hydrogens (primary N) is 1. The van der Waals surface area contributed by atoms with Gasteiger partial charge in [0.15, 0.2) is 0 Å². The predicted octanol–water partition coefficient (Wildman–Crippen LogP) is 3.62. The molecule has 0 saturated heterocycles. The topological polar surface area (TPSA) is 68.0 Å². The molecule has 2 rings (SSSR count). The van der Waals surface area contributed by atoms with Crippen LogP contribution in [0.2, 0.25) is 0 Å². The third-order valence-corrected chi connectivity index (χ3v) is 3.86. The van der Waals surface area contributed by atoms with Crippen molar-refractivity contribution in [3.63, 3.8) is 0 Å². The van der Waals surface area contributed by atoms with Crippen LogP contribution in [0.4, 0.5) is 5.69 Å². The van der Waals surface area contributed by atoms with Crippen molar-refractivity contribution in [1.29, 1.82) is 0 Å². The number of carbonyl (C=O) groups is 1. The summed E-state index contributed by atoms with van der Waals surface area (Å²) in [5.41, 5.74) is 8.00. The number of benzene rings is 1. The van der Waals surface area contributed by atoms with Gasteiger partial charge in [-0.3, -0.25) is 4.79 Å². The molecule has 6 heteroatoms. The molecule has 0 radical (unpaired) electrons. The van der Waals surface area contributed by atoms with Gasteiger partial charge in [0.1, 0.15) is 10.7 Å². The van der Waals surface area contributed by atoms with Gasteiger partial charge in [-0.1, -0.05) is 25.5 Å². The molecule has 0 atom stereocenters. The smallest absolute Gasteiger partial charge is 0.275 e. The number of unbranched alkanes of at least 4 members (excludes halogenated alkanes) is 1. The Kier molecular flexibility index (Phi) is 7.36. The number of thiazole rings is 1. The van der Waals surface area contributed by atoms with E-state index in [4.69, 9.17) is 5.73 Å². The van der Waals surface area contributed by atoms with Crippen LogP contribution in [0.25, 0.3) is 0 Å². The Bertz CT molecular complexity index is 569. The summed E-state index contributed by atoms with van der Waals surface area (Å²) in [6, 6.07) is 7.97. The molecule has 114 valence electrons. The first-order chi connectivity index (χ1) is 9.72. The molecule has 1 aromatic carbocycles. The highest BCUT2D eigenvalue weighted by Crippen LogP contribution is 2.14. The fraction of sp³-hybridized carbons (Fsp3) is 0.333. The monoisotopic (exact) mass is 325 g/mol.